The molecule has 1 aromatic heterocycles. The van der Waals surface area contributed by atoms with Gasteiger partial charge in [-0.05, 0) is 26.0 Å². The largest absolute Gasteiger partial charge is 0.477 e. The lowest BCUT2D eigenvalue weighted by atomic mass is 10.1. The number of thiazole rings is 1. The van der Waals surface area contributed by atoms with Gasteiger partial charge in [0.2, 0.25) is 0 Å². The number of hydrogen-bond acceptors (Lipinski definition) is 5. The number of para-hydroxylation sites is 1. The molecule has 128 valence electrons. The molecule has 1 aromatic carbocycles. The molecule has 0 spiro atoms. The van der Waals surface area contributed by atoms with Gasteiger partial charge in [-0.2, -0.15) is 8.78 Å². The van der Waals surface area contributed by atoms with Crippen LogP contribution < -0.4 is 10.1 Å². The van der Waals surface area contributed by atoms with E-state index in [1.54, 1.807) is 13.8 Å². The number of benzene rings is 1. The Bertz CT molecular complexity index is 764. The van der Waals surface area contributed by atoms with Gasteiger partial charge >= 0.3 is 12.6 Å². The van der Waals surface area contributed by atoms with Gasteiger partial charge < -0.3 is 15.2 Å². The first-order valence-corrected chi connectivity index (χ1v) is 7.66. The molecule has 1 amide bonds. The van der Waals surface area contributed by atoms with Crippen LogP contribution >= 0.6 is 11.3 Å². The second-order valence-electron chi connectivity index (χ2n) is 4.84. The molecule has 0 saturated heterocycles. The Labute approximate surface area is 140 Å². The topological polar surface area (TPSA) is 88.5 Å². The van der Waals surface area contributed by atoms with E-state index >= 15 is 0 Å². The zero-order valence-corrected chi connectivity index (χ0v) is 13.6. The third-order valence-corrected chi connectivity index (χ3v) is 4.40. The Morgan fingerprint density at radius 1 is 1.33 bits per heavy atom. The number of alkyl halides is 2. The number of ether oxygens (including phenoxy) is 1. The van der Waals surface area contributed by atoms with Crippen molar-refractivity contribution in [2.75, 3.05) is 0 Å². The average Bonchev–Trinajstić information content (AvgIpc) is 2.89. The SMILES string of the molecule is Cc1nc(C(C)NC(=O)c2ccccc2OC(F)F)sc1C(=O)O. The lowest BCUT2D eigenvalue weighted by Gasteiger charge is -2.14. The summed E-state index contributed by atoms with van der Waals surface area (Å²) in [5, 5.41) is 12.0. The smallest absolute Gasteiger partial charge is 0.387 e. The highest BCUT2D eigenvalue weighted by molar-refractivity contribution is 7.13. The Hall–Kier alpha value is -2.55. The maximum atomic E-state index is 12.4. The Balaban J connectivity index is 2.18. The number of rotatable bonds is 6. The van der Waals surface area contributed by atoms with E-state index in [1.807, 2.05) is 0 Å². The fraction of sp³-hybridized carbons (Fsp3) is 0.267. The zero-order valence-electron chi connectivity index (χ0n) is 12.7. The summed E-state index contributed by atoms with van der Waals surface area (Å²) in [6, 6.07) is 5.03. The van der Waals surface area contributed by atoms with Crippen LogP contribution in [-0.2, 0) is 0 Å². The molecule has 0 aliphatic carbocycles. The second-order valence-corrected chi connectivity index (χ2v) is 5.87. The van der Waals surface area contributed by atoms with Crippen molar-refractivity contribution in [3.05, 3.63) is 45.4 Å². The number of halogens is 2. The number of nitrogens with one attached hydrogen (secondary N) is 1. The summed E-state index contributed by atoms with van der Waals surface area (Å²) in [4.78, 5) is 27.5. The number of hydrogen-bond donors (Lipinski definition) is 2. The minimum atomic E-state index is -3.05. The fourth-order valence-corrected chi connectivity index (χ4v) is 2.90. The van der Waals surface area contributed by atoms with Crippen LogP contribution in [0.15, 0.2) is 24.3 Å². The van der Waals surface area contributed by atoms with Gasteiger partial charge in [-0.25, -0.2) is 9.78 Å². The molecule has 0 bridgehead atoms. The number of aryl methyl sites for hydroxylation is 1. The van der Waals surface area contributed by atoms with Crippen molar-refractivity contribution >= 4 is 23.2 Å². The van der Waals surface area contributed by atoms with Crippen LogP contribution in [0.5, 0.6) is 5.75 Å². The third kappa shape index (κ3) is 4.05. The standard InChI is InChI=1S/C15H14F2N2O4S/c1-7-11(14(21)22)24-13(19-7)8(2)18-12(20)9-5-3-4-6-10(9)23-15(16)17/h3-6,8,15H,1-2H3,(H,18,20)(H,21,22). The highest BCUT2D eigenvalue weighted by Crippen LogP contribution is 2.25. The van der Waals surface area contributed by atoms with Gasteiger partial charge in [0.05, 0.1) is 17.3 Å². The Kier molecular flexibility index (Phi) is 5.45. The average molecular weight is 356 g/mol. The predicted octanol–water partition coefficient (Wildman–Crippen LogP) is 3.24. The van der Waals surface area contributed by atoms with Crippen LogP contribution in [0.3, 0.4) is 0 Å². The van der Waals surface area contributed by atoms with Crippen molar-refractivity contribution < 1.29 is 28.2 Å². The van der Waals surface area contributed by atoms with Crippen LogP contribution in [0.2, 0.25) is 0 Å². The molecule has 1 atom stereocenters. The van der Waals surface area contributed by atoms with E-state index in [2.05, 4.69) is 15.0 Å². The van der Waals surface area contributed by atoms with Gasteiger partial charge in [-0.15, -0.1) is 11.3 Å². The lowest BCUT2D eigenvalue weighted by Crippen LogP contribution is -2.27. The van der Waals surface area contributed by atoms with Crippen LogP contribution in [-0.4, -0.2) is 28.6 Å². The quantitative estimate of drug-likeness (QED) is 0.829. The minimum Gasteiger partial charge on any atom is -0.477 e. The van der Waals surface area contributed by atoms with Gasteiger partial charge in [-0.1, -0.05) is 12.1 Å². The molecule has 9 heteroatoms. The first-order chi connectivity index (χ1) is 11.3. The highest BCUT2D eigenvalue weighted by atomic mass is 32.1. The number of aromatic carboxylic acids is 1. The molecule has 24 heavy (non-hydrogen) atoms. The molecule has 1 unspecified atom stereocenters. The van der Waals surface area contributed by atoms with E-state index < -0.39 is 24.5 Å². The van der Waals surface area contributed by atoms with Crippen LogP contribution in [0, 0.1) is 6.92 Å². The van der Waals surface area contributed by atoms with Crippen molar-refractivity contribution in [1.29, 1.82) is 0 Å². The van der Waals surface area contributed by atoms with E-state index in [1.165, 1.54) is 24.3 Å². The molecule has 2 N–H and O–H groups in total. The summed E-state index contributed by atoms with van der Waals surface area (Å²) in [7, 11) is 0. The van der Waals surface area contributed by atoms with Gasteiger partial charge in [0.15, 0.2) is 0 Å². The molecule has 6 nitrogen and oxygen atoms in total. The van der Waals surface area contributed by atoms with Crippen LogP contribution in [0.1, 0.15) is 43.7 Å². The van der Waals surface area contributed by atoms with E-state index in [-0.39, 0.29) is 16.2 Å². The minimum absolute atomic E-state index is 0.0450. The first kappa shape index (κ1) is 17.8. The van der Waals surface area contributed by atoms with E-state index in [9.17, 15) is 18.4 Å². The molecule has 2 rings (SSSR count). The van der Waals surface area contributed by atoms with Crippen molar-refractivity contribution in [2.45, 2.75) is 26.5 Å². The number of amides is 1. The molecule has 0 aliphatic rings. The summed E-state index contributed by atoms with van der Waals surface area (Å²) in [5.41, 5.74) is 0.307. The van der Waals surface area contributed by atoms with Gasteiger partial charge in [0.25, 0.3) is 5.91 Å². The molecule has 0 aliphatic heterocycles. The molecule has 2 aromatic rings. The van der Waals surface area contributed by atoms with Crippen molar-refractivity contribution in [2.24, 2.45) is 0 Å². The number of carbonyl (C=O) groups is 2. The van der Waals surface area contributed by atoms with Crippen LogP contribution in [0.4, 0.5) is 8.78 Å². The first-order valence-electron chi connectivity index (χ1n) is 6.85. The second kappa shape index (κ2) is 7.35. The fourth-order valence-electron chi connectivity index (χ4n) is 1.99. The molecular formula is C15H14F2N2O4S. The van der Waals surface area contributed by atoms with E-state index in [4.69, 9.17) is 5.11 Å². The number of carboxylic acid groups (broad SMARTS) is 1. The monoisotopic (exact) mass is 356 g/mol. The molecule has 0 saturated carbocycles. The number of aromatic nitrogens is 1. The Morgan fingerprint density at radius 3 is 2.58 bits per heavy atom. The van der Waals surface area contributed by atoms with Gasteiger partial charge in [0.1, 0.15) is 15.6 Å². The normalized spacial score (nSPS) is 12.0. The Morgan fingerprint density at radius 2 is 2.00 bits per heavy atom. The van der Waals surface area contributed by atoms with E-state index in [0.29, 0.717) is 10.7 Å². The zero-order chi connectivity index (χ0) is 17.9. The third-order valence-electron chi connectivity index (χ3n) is 3.07. The number of carbonyl (C=O) groups excluding carboxylic acids is 1. The molecule has 1 heterocycles. The summed E-state index contributed by atoms with van der Waals surface area (Å²) < 4.78 is 29.1. The number of carboxylic acids is 1. The summed E-state index contributed by atoms with van der Waals surface area (Å²) in [5.74, 6) is -1.95. The maximum absolute atomic E-state index is 12.4. The summed E-state index contributed by atoms with van der Waals surface area (Å²) in [6.45, 7) is 0.137. The molecule has 0 radical (unpaired) electrons. The highest BCUT2D eigenvalue weighted by Gasteiger charge is 2.21. The lowest BCUT2D eigenvalue weighted by molar-refractivity contribution is -0.0501. The predicted molar refractivity (Wildman–Crippen MR) is 82.8 cm³/mol. The molecule has 0 fully saturated rings. The van der Waals surface area contributed by atoms with Gasteiger partial charge in [0, 0.05) is 0 Å². The van der Waals surface area contributed by atoms with Crippen molar-refractivity contribution in [3.63, 3.8) is 0 Å². The van der Waals surface area contributed by atoms with Crippen LogP contribution in [0.25, 0.3) is 0 Å². The van der Waals surface area contributed by atoms with Gasteiger partial charge in [-0.3, -0.25) is 4.79 Å². The number of nitrogens with zero attached hydrogens (tertiary/aromatic N) is 1. The maximum Gasteiger partial charge on any atom is 0.387 e. The summed E-state index contributed by atoms with van der Waals surface area (Å²) in [6.07, 6.45) is 0. The van der Waals surface area contributed by atoms with Crippen molar-refractivity contribution in [1.82, 2.24) is 10.3 Å². The molecular weight excluding hydrogens is 342 g/mol. The van der Waals surface area contributed by atoms with Crippen molar-refractivity contribution in [3.8, 4) is 5.75 Å². The summed E-state index contributed by atoms with van der Waals surface area (Å²) >= 11 is 0.951. The van der Waals surface area contributed by atoms with E-state index in [0.717, 1.165) is 11.3 Å².